The molecule has 1 aliphatic carbocycles. The van der Waals surface area contributed by atoms with Crippen LogP contribution in [0.4, 0.5) is 90.4 Å². The minimum absolute atomic E-state index is 0. The number of hydrogen-bond acceptors (Lipinski definition) is 0. The van der Waals surface area contributed by atoms with Crippen molar-refractivity contribution < 1.29 is 96.1 Å². The molecule has 21 heteroatoms. The van der Waals surface area contributed by atoms with Crippen molar-refractivity contribution in [3.63, 3.8) is 0 Å². The predicted octanol–water partition coefficient (Wildman–Crippen LogP) is 12.2. The van der Waals surface area contributed by atoms with Gasteiger partial charge in [-0.3, -0.25) is 37.1 Å². The zero-order chi connectivity index (χ0) is 36.2. The number of rotatable bonds is 6. The van der Waals surface area contributed by atoms with Crippen molar-refractivity contribution in [2.24, 2.45) is 0 Å². The molecule has 2 aromatic rings. The van der Waals surface area contributed by atoms with Gasteiger partial charge in [0, 0.05) is 17.1 Å². The molecule has 0 saturated heterocycles. The first-order chi connectivity index (χ1) is 21.1. The summed E-state index contributed by atoms with van der Waals surface area (Å²) in [6.45, 7) is 0. The fourth-order valence-electron chi connectivity index (χ4n) is 3.50. The summed E-state index contributed by atoms with van der Waals surface area (Å²) < 4.78 is 237. The van der Waals surface area contributed by atoms with E-state index in [4.69, 9.17) is 0 Å². The minimum Gasteiger partial charge on any atom is -0.675 e. The van der Waals surface area contributed by atoms with Crippen LogP contribution in [0, 0.1) is 12.8 Å². The fourth-order valence-corrected chi connectivity index (χ4v) is 3.50. The molecule has 0 amide bonds. The van der Waals surface area contributed by atoms with Gasteiger partial charge in [0.15, 0.2) is 0 Å². The molecule has 0 fully saturated rings. The Balaban J connectivity index is 0.00000147. The number of nitrogens with zero attached hydrogens (tertiary/aromatic N) is 2. The molecule has 2 nitrogen and oxygen atoms in total. The molecule has 0 saturated carbocycles. The fraction of sp³-hybridized carbons (Fsp3) is 0.333. The van der Waals surface area contributed by atoms with Gasteiger partial charge in [0.05, 0.1) is 22.3 Å². The molecular weight excluding hydrogens is 758 g/mol. The van der Waals surface area contributed by atoms with E-state index >= 15 is 0 Å². The Hall–Kier alpha value is -3.48. The molecule has 2 unspecified atom stereocenters. The van der Waals surface area contributed by atoms with Gasteiger partial charge in [-0.2, -0.15) is 79.0 Å². The first kappa shape index (κ1) is 42.5. The van der Waals surface area contributed by atoms with Gasteiger partial charge in [-0.15, -0.1) is 11.4 Å². The molecule has 0 N–H and O–H groups in total. The summed E-state index contributed by atoms with van der Waals surface area (Å²) in [5.41, 5.74) is -12.1. The number of allylic oxidation sites excluding steroid dienone is 4. The van der Waals surface area contributed by atoms with Crippen LogP contribution in [0.25, 0.3) is 10.6 Å². The summed E-state index contributed by atoms with van der Waals surface area (Å²) >= 11 is 0. The summed E-state index contributed by atoms with van der Waals surface area (Å²) in [6.07, 6.45) is -24.6. The zero-order valence-corrected chi connectivity index (χ0v) is 23.7. The normalized spacial score (nSPS) is 15.2. The molecule has 0 heterocycles. The molecule has 48 heavy (non-hydrogen) atoms. The van der Waals surface area contributed by atoms with E-state index in [0.29, 0.717) is 0 Å². The van der Waals surface area contributed by atoms with Crippen LogP contribution in [0.5, 0.6) is 0 Å². The van der Waals surface area contributed by atoms with Crippen LogP contribution < -0.4 is 0 Å². The van der Waals surface area contributed by atoms with E-state index in [1.807, 2.05) is 37.1 Å². The molecule has 0 bridgehead atoms. The average Bonchev–Trinajstić information content (AvgIpc) is 2.90. The van der Waals surface area contributed by atoms with E-state index in [-0.39, 0.29) is 41.3 Å². The monoisotopic (exact) mass is 773 g/mol. The molecule has 0 spiro atoms. The SMILES string of the molecule is C1=C[CH-][CH-]C=C1.FC(F)(F)c1cc([N-]C(CC([N-]c2cc(C(F)(F)F)cc(C(F)(F)F)c2)C(F)(F)F)C(F)(F)F)cc(C(F)(F)F)c1.[Cu]. The summed E-state index contributed by atoms with van der Waals surface area (Å²) in [4.78, 5) is 0. The maximum Gasteiger partial charge on any atom is 0.416 e. The maximum absolute atomic E-state index is 13.6. The second-order valence-electron chi connectivity index (χ2n) is 9.29. The Morgan fingerprint density at radius 3 is 0.854 bits per heavy atom. The van der Waals surface area contributed by atoms with Crippen molar-refractivity contribution in [1.82, 2.24) is 0 Å². The molecule has 0 aromatic heterocycles. The molecule has 0 aliphatic heterocycles. The van der Waals surface area contributed by atoms with Gasteiger partial charge < -0.3 is 10.6 Å². The number of halogens is 18. The Bertz CT molecular complexity index is 1230. The average molecular weight is 774 g/mol. The summed E-state index contributed by atoms with van der Waals surface area (Å²) in [7, 11) is 0. The molecule has 3 rings (SSSR count). The van der Waals surface area contributed by atoms with Crippen LogP contribution in [-0.4, -0.2) is 24.4 Å². The van der Waals surface area contributed by atoms with Crippen molar-refractivity contribution in [3.05, 3.63) is 106 Å². The van der Waals surface area contributed by atoms with Crippen LogP contribution in [0.1, 0.15) is 28.7 Å². The third-order valence-corrected chi connectivity index (χ3v) is 5.62. The third-order valence-electron chi connectivity index (χ3n) is 5.62. The quantitative estimate of drug-likeness (QED) is 0.159. The van der Waals surface area contributed by atoms with E-state index in [2.05, 4.69) is 10.6 Å². The van der Waals surface area contributed by atoms with Crippen LogP contribution in [0.15, 0.2) is 60.7 Å². The molecule has 275 valence electrons. The van der Waals surface area contributed by atoms with E-state index in [1.165, 1.54) is 0 Å². The largest absolute Gasteiger partial charge is 0.675 e. The van der Waals surface area contributed by atoms with Crippen LogP contribution in [-0.2, 0) is 41.8 Å². The first-order valence-corrected chi connectivity index (χ1v) is 12.2. The predicted molar refractivity (Wildman–Crippen MR) is 130 cm³/mol. The van der Waals surface area contributed by atoms with Crippen molar-refractivity contribution in [3.8, 4) is 0 Å². The Labute approximate surface area is 269 Å². The number of alkyl halides is 18. The Kier molecular flexibility index (Phi) is 13.6. The van der Waals surface area contributed by atoms with E-state index in [0.717, 1.165) is 0 Å². The summed E-state index contributed by atoms with van der Waals surface area (Å²) in [6, 6.07) is -9.91. The molecule has 2 atom stereocenters. The van der Waals surface area contributed by atoms with Gasteiger partial charge in [0.2, 0.25) is 0 Å². The van der Waals surface area contributed by atoms with E-state index < -0.39 is 101 Å². The number of hydrogen-bond donors (Lipinski definition) is 0. The Morgan fingerprint density at radius 2 is 0.688 bits per heavy atom. The molecular formula is C27H16CuF18N2-4. The minimum atomic E-state index is -5.92. The van der Waals surface area contributed by atoms with E-state index in [9.17, 15) is 79.0 Å². The topological polar surface area (TPSA) is 28.2 Å². The first-order valence-electron chi connectivity index (χ1n) is 12.2. The van der Waals surface area contributed by atoms with Gasteiger partial charge in [-0.25, -0.2) is 0 Å². The van der Waals surface area contributed by atoms with Crippen LogP contribution >= 0.6 is 0 Å². The van der Waals surface area contributed by atoms with Crippen LogP contribution in [0.3, 0.4) is 0 Å². The van der Waals surface area contributed by atoms with Gasteiger partial charge in [0.1, 0.15) is 0 Å². The molecule has 2 aromatic carbocycles. The molecule has 1 aliphatic rings. The zero-order valence-electron chi connectivity index (χ0n) is 22.8. The van der Waals surface area contributed by atoms with Gasteiger partial charge in [-0.05, 0) is 24.2 Å². The number of benzene rings is 2. The van der Waals surface area contributed by atoms with Crippen molar-refractivity contribution in [2.75, 3.05) is 0 Å². The van der Waals surface area contributed by atoms with Crippen molar-refractivity contribution >= 4 is 11.4 Å². The van der Waals surface area contributed by atoms with Crippen molar-refractivity contribution in [1.29, 1.82) is 0 Å². The maximum atomic E-state index is 13.6. The Morgan fingerprint density at radius 1 is 0.438 bits per heavy atom. The van der Waals surface area contributed by atoms with Gasteiger partial charge in [-0.1, -0.05) is 30.7 Å². The standard InChI is InChI=1S/C21H10F18N2.C6H6.Cu/c22-16(23,24)8-1-9(17(25,26)27)4-12(3-8)40-14(20(34,35)36)7-15(21(37,38)39)41-13-5-10(18(28,29)30)2-11(6-13)19(31,32)33;1-2-4-6-5-3-1;/h1-6,14-15H,7H2;1-6H;/q2*-2;. The third kappa shape index (κ3) is 13.2. The smallest absolute Gasteiger partial charge is 0.416 e. The van der Waals surface area contributed by atoms with Gasteiger partial charge >= 0.3 is 37.1 Å². The van der Waals surface area contributed by atoms with Crippen LogP contribution in [0.2, 0.25) is 0 Å². The molecule has 1 radical (unpaired) electrons. The summed E-state index contributed by atoms with van der Waals surface area (Å²) in [5, 5.41) is 5.08. The second kappa shape index (κ2) is 15.4. The second-order valence-corrected chi connectivity index (χ2v) is 9.29. The summed E-state index contributed by atoms with van der Waals surface area (Å²) in [5.74, 6) is 0. The van der Waals surface area contributed by atoms with Crippen molar-refractivity contribution in [2.45, 2.75) is 55.6 Å². The van der Waals surface area contributed by atoms with E-state index in [1.54, 1.807) is 0 Å². The van der Waals surface area contributed by atoms with Gasteiger partial charge in [0.25, 0.3) is 0 Å².